The van der Waals surface area contributed by atoms with Crippen LogP contribution in [0.4, 0.5) is 0 Å². The Kier molecular flexibility index (Phi) is 3.98. The summed E-state index contributed by atoms with van der Waals surface area (Å²) in [5.74, 6) is -1.86. The third-order valence-corrected chi connectivity index (χ3v) is 4.25. The first-order chi connectivity index (χ1) is 10.2. The highest BCUT2D eigenvalue weighted by molar-refractivity contribution is 5.69. The molecule has 0 N–H and O–H groups in total. The molecule has 3 aliphatic heterocycles. The number of carbonyl (C=O) groups is 1. The maximum Gasteiger partial charge on any atom is 0.305 e. The van der Waals surface area contributed by atoms with Crippen LogP contribution in [0.15, 0.2) is 0 Å². The van der Waals surface area contributed by atoms with E-state index in [1.54, 1.807) is 0 Å². The van der Waals surface area contributed by atoms with E-state index in [0.717, 1.165) is 0 Å². The van der Waals surface area contributed by atoms with Gasteiger partial charge in [-0.25, -0.2) is 0 Å². The Morgan fingerprint density at radius 2 is 1.82 bits per heavy atom. The van der Waals surface area contributed by atoms with Crippen LogP contribution < -0.4 is 0 Å². The van der Waals surface area contributed by atoms with Crippen molar-refractivity contribution in [1.29, 1.82) is 0 Å². The predicted molar refractivity (Wildman–Crippen MR) is 73.7 cm³/mol. The molecule has 0 aromatic rings. The summed E-state index contributed by atoms with van der Waals surface area (Å²) in [7, 11) is 1.37. The monoisotopic (exact) mass is 316 g/mol. The first-order valence-corrected chi connectivity index (χ1v) is 7.60. The van der Waals surface area contributed by atoms with E-state index in [0.29, 0.717) is 6.61 Å². The van der Waals surface area contributed by atoms with E-state index in [2.05, 4.69) is 0 Å². The lowest BCUT2D eigenvalue weighted by Gasteiger charge is -2.28. The molecule has 126 valence electrons. The maximum absolute atomic E-state index is 11.8. The lowest BCUT2D eigenvalue weighted by atomic mass is 9.91. The maximum atomic E-state index is 11.8. The molecule has 3 aliphatic rings. The summed E-state index contributed by atoms with van der Waals surface area (Å²) in [6.07, 6.45) is -1.20. The lowest BCUT2D eigenvalue weighted by Crippen LogP contribution is -2.40. The molecule has 5 atom stereocenters. The van der Waals surface area contributed by atoms with Crippen molar-refractivity contribution in [2.45, 2.75) is 70.3 Å². The molecular weight excluding hydrogens is 292 g/mol. The van der Waals surface area contributed by atoms with Gasteiger partial charge in [0.25, 0.3) is 0 Å². The summed E-state index contributed by atoms with van der Waals surface area (Å²) in [6, 6.07) is 0. The van der Waals surface area contributed by atoms with Crippen LogP contribution >= 0.6 is 0 Å². The fourth-order valence-electron chi connectivity index (χ4n) is 3.34. The second-order valence-electron chi connectivity index (χ2n) is 6.88. The normalized spacial score (nSPS) is 42.3. The molecule has 22 heavy (non-hydrogen) atoms. The van der Waals surface area contributed by atoms with Gasteiger partial charge in [-0.05, 0) is 27.7 Å². The molecule has 0 aromatic carbocycles. The van der Waals surface area contributed by atoms with Crippen LogP contribution in [0.5, 0.6) is 0 Å². The number of esters is 1. The number of hydrogen-bond donors (Lipinski definition) is 0. The minimum atomic E-state index is -0.721. The number of rotatable bonds is 3. The quantitative estimate of drug-likeness (QED) is 0.724. The first-order valence-electron chi connectivity index (χ1n) is 7.60. The van der Waals surface area contributed by atoms with Crippen molar-refractivity contribution in [3.05, 3.63) is 0 Å². The van der Waals surface area contributed by atoms with Crippen LogP contribution in [0.3, 0.4) is 0 Å². The second-order valence-corrected chi connectivity index (χ2v) is 6.88. The van der Waals surface area contributed by atoms with Crippen molar-refractivity contribution in [3.63, 3.8) is 0 Å². The van der Waals surface area contributed by atoms with Crippen molar-refractivity contribution >= 4 is 5.97 Å². The number of hydrogen-bond acceptors (Lipinski definition) is 7. The molecule has 0 radical (unpaired) electrons. The SMILES string of the molecule is COC(=O)CC1[C@@H](C2COC(C)(C)O2)O[C@@H]2OC(C)(C)O[C@H]12. The Morgan fingerprint density at radius 1 is 1.09 bits per heavy atom. The summed E-state index contributed by atoms with van der Waals surface area (Å²) in [5, 5.41) is 0. The lowest BCUT2D eigenvalue weighted by molar-refractivity contribution is -0.227. The summed E-state index contributed by atoms with van der Waals surface area (Å²) in [5.41, 5.74) is 0. The molecule has 3 fully saturated rings. The van der Waals surface area contributed by atoms with E-state index in [4.69, 9.17) is 28.4 Å². The number of fused-ring (bicyclic) bond motifs is 1. The Bertz CT molecular complexity index is 447. The third-order valence-electron chi connectivity index (χ3n) is 4.25. The van der Waals surface area contributed by atoms with Gasteiger partial charge in [-0.3, -0.25) is 4.79 Å². The molecule has 0 spiro atoms. The Morgan fingerprint density at radius 3 is 2.41 bits per heavy atom. The van der Waals surface area contributed by atoms with Crippen LogP contribution in [0.1, 0.15) is 34.1 Å². The fourth-order valence-corrected chi connectivity index (χ4v) is 3.34. The van der Waals surface area contributed by atoms with E-state index in [-0.39, 0.29) is 36.6 Å². The van der Waals surface area contributed by atoms with Crippen LogP contribution in [-0.4, -0.2) is 55.9 Å². The highest BCUT2D eigenvalue weighted by atomic mass is 16.8. The predicted octanol–water partition coefficient (Wildman–Crippen LogP) is 1.19. The van der Waals surface area contributed by atoms with Crippen LogP contribution in [0, 0.1) is 5.92 Å². The zero-order valence-electron chi connectivity index (χ0n) is 13.7. The van der Waals surface area contributed by atoms with Crippen LogP contribution in [0.2, 0.25) is 0 Å². The van der Waals surface area contributed by atoms with Gasteiger partial charge < -0.3 is 28.4 Å². The number of carbonyl (C=O) groups excluding carboxylic acids is 1. The molecule has 3 rings (SSSR count). The Hall–Kier alpha value is -0.730. The number of methoxy groups -OCH3 is 1. The molecule has 3 heterocycles. The molecule has 7 heteroatoms. The average molecular weight is 316 g/mol. The van der Waals surface area contributed by atoms with E-state index in [1.807, 2.05) is 27.7 Å². The zero-order chi connectivity index (χ0) is 16.1. The van der Waals surface area contributed by atoms with Gasteiger partial charge in [0.2, 0.25) is 0 Å². The third kappa shape index (κ3) is 3.00. The Balaban J connectivity index is 1.76. The molecule has 3 saturated heterocycles. The van der Waals surface area contributed by atoms with Gasteiger partial charge in [-0.15, -0.1) is 0 Å². The smallest absolute Gasteiger partial charge is 0.305 e. The fraction of sp³-hybridized carbons (Fsp3) is 0.933. The zero-order valence-corrected chi connectivity index (χ0v) is 13.7. The standard InChI is InChI=1S/C15H24O7/c1-14(2)18-7-9(20-14)11-8(6-10(16)17-5)12-13(19-11)22-15(3,4)21-12/h8-9,11-13H,6-7H2,1-5H3/t8?,9?,11-,12+,13+/m0/s1. The van der Waals surface area contributed by atoms with Gasteiger partial charge in [0.05, 0.1) is 26.2 Å². The first kappa shape index (κ1) is 16.1. The molecule has 0 amide bonds. The minimum absolute atomic E-state index is 0.193. The molecule has 2 unspecified atom stereocenters. The van der Waals surface area contributed by atoms with Crippen molar-refractivity contribution in [3.8, 4) is 0 Å². The van der Waals surface area contributed by atoms with Crippen molar-refractivity contribution < 1.29 is 33.2 Å². The molecule has 0 aliphatic carbocycles. The molecular formula is C15H24O7. The van der Waals surface area contributed by atoms with Gasteiger partial charge in [-0.2, -0.15) is 0 Å². The summed E-state index contributed by atoms with van der Waals surface area (Å²) >= 11 is 0. The van der Waals surface area contributed by atoms with Gasteiger partial charge in [0.1, 0.15) is 12.2 Å². The molecule has 7 nitrogen and oxygen atoms in total. The molecule has 0 bridgehead atoms. The van der Waals surface area contributed by atoms with E-state index in [1.165, 1.54) is 7.11 Å². The topological polar surface area (TPSA) is 72.5 Å². The Labute approximate surface area is 130 Å². The largest absolute Gasteiger partial charge is 0.469 e. The average Bonchev–Trinajstić information content (AvgIpc) is 3.01. The second kappa shape index (κ2) is 5.42. The van der Waals surface area contributed by atoms with Gasteiger partial charge in [0, 0.05) is 5.92 Å². The van der Waals surface area contributed by atoms with Crippen LogP contribution in [-0.2, 0) is 33.2 Å². The van der Waals surface area contributed by atoms with E-state index < -0.39 is 17.9 Å². The van der Waals surface area contributed by atoms with Crippen LogP contribution in [0.25, 0.3) is 0 Å². The minimum Gasteiger partial charge on any atom is -0.469 e. The van der Waals surface area contributed by atoms with Gasteiger partial charge in [-0.1, -0.05) is 0 Å². The summed E-state index contributed by atoms with van der Waals surface area (Å²) < 4.78 is 34.0. The summed E-state index contributed by atoms with van der Waals surface area (Å²) in [6.45, 7) is 7.79. The molecule has 0 saturated carbocycles. The summed E-state index contributed by atoms with van der Waals surface area (Å²) in [4.78, 5) is 11.8. The van der Waals surface area contributed by atoms with E-state index in [9.17, 15) is 4.79 Å². The molecule has 0 aromatic heterocycles. The number of ether oxygens (including phenoxy) is 6. The van der Waals surface area contributed by atoms with Gasteiger partial charge >= 0.3 is 5.97 Å². The van der Waals surface area contributed by atoms with E-state index >= 15 is 0 Å². The van der Waals surface area contributed by atoms with Crippen molar-refractivity contribution in [1.82, 2.24) is 0 Å². The highest BCUT2D eigenvalue weighted by Crippen LogP contribution is 2.45. The van der Waals surface area contributed by atoms with Crippen molar-refractivity contribution in [2.75, 3.05) is 13.7 Å². The van der Waals surface area contributed by atoms with Crippen molar-refractivity contribution in [2.24, 2.45) is 5.92 Å². The van der Waals surface area contributed by atoms with Gasteiger partial charge in [0.15, 0.2) is 17.9 Å². The highest BCUT2D eigenvalue weighted by Gasteiger charge is 2.58.